The summed E-state index contributed by atoms with van der Waals surface area (Å²) in [5.41, 5.74) is 5.29. The number of halogens is 1. The molecule has 3 nitrogen and oxygen atoms in total. The van der Waals surface area contributed by atoms with Crippen LogP contribution in [0, 0.1) is 5.92 Å². The lowest BCUT2D eigenvalue weighted by atomic mass is 10.1. The van der Waals surface area contributed by atoms with Gasteiger partial charge in [0, 0.05) is 12.0 Å². The van der Waals surface area contributed by atoms with E-state index in [1.165, 1.54) is 0 Å². The van der Waals surface area contributed by atoms with E-state index >= 15 is 0 Å². The molecule has 0 amide bonds. The minimum atomic E-state index is -1.25. The maximum Gasteiger partial charge on any atom is 0.123 e. The number of rotatable bonds is 1. The zero-order chi connectivity index (χ0) is 7.72. The van der Waals surface area contributed by atoms with E-state index in [2.05, 4.69) is 0 Å². The maximum absolute atomic E-state index is 12.8. The molecule has 0 radical (unpaired) electrons. The second-order valence-electron chi connectivity index (χ2n) is 2.76. The van der Waals surface area contributed by atoms with Crippen molar-refractivity contribution in [1.29, 1.82) is 0 Å². The highest BCUT2D eigenvalue weighted by atomic mass is 19.1. The Kier molecular flexibility index (Phi) is 2.23. The molecule has 0 saturated heterocycles. The summed E-state index contributed by atoms with van der Waals surface area (Å²) < 4.78 is 12.8. The van der Waals surface area contributed by atoms with Crippen molar-refractivity contribution in [2.45, 2.75) is 24.7 Å². The zero-order valence-corrected chi connectivity index (χ0v) is 5.57. The van der Waals surface area contributed by atoms with Gasteiger partial charge in [0.1, 0.15) is 6.17 Å². The third-order valence-electron chi connectivity index (χ3n) is 2.04. The Bertz CT molecular complexity index is 122. The highest BCUT2D eigenvalue weighted by Crippen LogP contribution is 2.27. The van der Waals surface area contributed by atoms with E-state index in [4.69, 9.17) is 15.9 Å². The smallest absolute Gasteiger partial charge is 0.123 e. The molecule has 4 atom stereocenters. The molecule has 0 aromatic heterocycles. The van der Waals surface area contributed by atoms with E-state index in [9.17, 15) is 4.39 Å². The minimum Gasteiger partial charge on any atom is -0.396 e. The summed E-state index contributed by atoms with van der Waals surface area (Å²) in [4.78, 5) is 0. The van der Waals surface area contributed by atoms with Crippen molar-refractivity contribution in [2.24, 2.45) is 11.7 Å². The van der Waals surface area contributed by atoms with Gasteiger partial charge in [-0.1, -0.05) is 0 Å². The van der Waals surface area contributed by atoms with Crippen LogP contribution in [0.1, 0.15) is 6.42 Å². The Morgan fingerprint density at radius 1 is 1.60 bits per heavy atom. The number of hydrogen-bond donors (Lipinski definition) is 3. The molecule has 0 aliphatic heterocycles. The Balaban J connectivity index is 2.55. The Morgan fingerprint density at radius 2 is 2.20 bits per heavy atom. The minimum absolute atomic E-state index is 0.256. The van der Waals surface area contributed by atoms with E-state index in [0.717, 1.165) is 0 Å². The fourth-order valence-electron chi connectivity index (χ4n) is 1.34. The largest absolute Gasteiger partial charge is 0.396 e. The third-order valence-corrected chi connectivity index (χ3v) is 2.04. The lowest BCUT2D eigenvalue weighted by molar-refractivity contribution is 0.0606. The van der Waals surface area contributed by atoms with Crippen LogP contribution in [0.25, 0.3) is 0 Å². The van der Waals surface area contributed by atoms with Crippen molar-refractivity contribution in [2.75, 3.05) is 6.61 Å². The predicted octanol–water partition coefficient (Wildman–Crippen LogP) is -0.975. The zero-order valence-electron chi connectivity index (χ0n) is 5.57. The first-order valence-corrected chi connectivity index (χ1v) is 3.35. The normalized spacial score (nSPS) is 48.0. The topological polar surface area (TPSA) is 66.5 Å². The quantitative estimate of drug-likeness (QED) is 0.449. The molecule has 0 aromatic rings. The van der Waals surface area contributed by atoms with Gasteiger partial charge in [0.15, 0.2) is 0 Å². The standard InChI is InChI=1S/C6H12FNO2/c7-6-3(2-9)5(10)1-4(6)8/h3-6,9-10H,1-2,8H2/t3-,4+,5+,6-/m1/s1. The van der Waals surface area contributed by atoms with Crippen LogP contribution in [-0.4, -0.2) is 35.1 Å². The lowest BCUT2D eigenvalue weighted by Crippen LogP contribution is -2.31. The maximum atomic E-state index is 12.8. The molecular formula is C6H12FNO2. The molecule has 0 bridgehead atoms. The molecule has 10 heavy (non-hydrogen) atoms. The number of hydrogen-bond acceptors (Lipinski definition) is 3. The first kappa shape index (κ1) is 7.91. The van der Waals surface area contributed by atoms with Gasteiger partial charge in [0.05, 0.1) is 12.7 Å². The summed E-state index contributed by atoms with van der Waals surface area (Å²) in [6.45, 7) is -0.323. The molecule has 0 spiro atoms. The van der Waals surface area contributed by atoms with Crippen molar-refractivity contribution in [1.82, 2.24) is 0 Å². The van der Waals surface area contributed by atoms with E-state index in [1.54, 1.807) is 0 Å². The van der Waals surface area contributed by atoms with E-state index < -0.39 is 24.2 Å². The van der Waals surface area contributed by atoms with Gasteiger partial charge in [-0.3, -0.25) is 0 Å². The molecular weight excluding hydrogens is 137 g/mol. The third kappa shape index (κ3) is 1.14. The van der Waals surface area contributed by atoms with Gasteiger partial charge in [0.2, 0.25) is 0 Å². The van der Waals surface area contributed by atoms with Crippen LogP contribution in [0.2, 0.25) is 0 Å². The van der Waals surface area contributed by atoms with E-state index in [0.29, 0.717) is 0 Å². The van der Waals surface area contributed by atoms with Gasteiger partial charge < -0.3 is 15.9 Å². The molecule has 4 N–H and O–H groups in total. The molecule has 0 unspecified atom stereocenters. The van der Waals surface area contributed by atoms with Crippen molar-refractivity contribution in [3.8, 4) is 0 Å². The van der Waals surface area contributed by atoms with E-state index in [1.807, 2.05) is 0 Å². The van der Waals surface area contributed by atoms with Crippen molar-refractivity contribution < 1.29 is 14.6 Å². The number of aliphatic hydroxyl groups excluding tert-OH is 2. The molecule has 0 heterocycles. The molecule has 1 saturated carbocycles. The Morgan fingerprint density at radius 3 is 2.40 bits per heavy atom. The summed E-state index contributed by atoms with van der Waals surface area (Å²) >= 11 is 0. The van der Waals surface area contributed by atoms with Crippen LogP contribution in [0.3, 0.4) is 0 Å². The summed E-state index contributed by atoms with van der Waals surface area (Å²) in [5, 5.41) is 17.6. The van der Waals surface area contributed by atoms with Crippen LogP contribution in [0.5, 0.6) is 0 Å². The number of nitrogens with two attached hydrogens (primary N) is 1. The average molecular weight is 149 g/mol. The van der Waals surface area contributed by atoms with Gasteiger partial charge in [0.25, 0.3) is 0 Å². The molecule has 1 aliphatic rings. The SMILES string of the molecule is N[C@H]1C[C@H](O)[C@@H](CO)[C@H]1F. The molecule has 0 aromatic carbocycles. The van der Waals surface area contributed by atoms with Gasteiger partial charge >= 0.3 is 0 Å². The van der Waals surface area contributed by atoms with Crippen molar-refractivity contribution >= 4 is 0 Å². The second-order valence-corrected chi connectivity index (χ2v) is 2.76. The Hall–Kier alpha value is -0.190. The molecule has 1 rings (SSSR count). The highest BCUT2D eigenvalue weighted by Gasteiger charge is 2.40. The van der Waals surface area contributed by atoms with Crippen LogP contribution in [0.4, 0.5) is 4.39 Å². The highest BCUT2D eigenvalue weighted by molar-refractivity contribution is 4.93. The molecule has 4 heteroatoms. The fourth-order valence-corrected chi connectivity index (χ4v) is 1.34. The summed E-state index contributed by atoms with van der Waals surface area (Å²) in [5.74, 6) is -0.671. The lowest BCUT2D eigenvalue weighted by Gasteiger charge is -2.12. The summed E-state index contributed by atoms with van der Waals surface area (Å²) in [6, 6.07) is -0.604. The van der Waals surface area contributed by atoms with Gasteiger partial charge in [-0.05, 0) is 6.42 Å². The van der Waals surface area contributed by atoms with Crippen molar-refractivity contribution in [3.63, 3.8) is 0 Å². The van der Waals surface area contributed by atoms with Gasteiger partial charge in [-0.25, -0.2) is 4.39 Å². The van der Waals surface area contributed by atoms with Gasteiger partial charge in [-0.15, -0.1) is 0 Å². The molecule has 1 aliphatic carbocycles. The van der Waals surface area contributed by atoms with Crippen LogP contribution in [0.15, 0.2) is 0 Å². The molecule has 60 valence electrons. The number of alkyl halides is 1. The first-order valence-electron chi connectivity index (χ1n) is 3.35. The van der Waals surface area contributed by atoms with Crippen molar-refractivity contribution in [3.05, 3.63) is 0 Å². The van der Waals surface area contributed by atoms with Gasteiger partial charge in [-0.2, -0.15) is 0 Å². The van der Waals surface area contributed by atoms with E-state index in [-0.39, 0.29) is 13.0 Å². The average Bonchev–Trinajstić information content (AvgIpc) is 2.09. The monoisotopic (exact) mass is 149 g/mol. The van der Waals surface area contributed by atoms with Crippen LogP contribution >= 0.6 is 0 Å². The first-order chi connectivity index (χ1) is 4.66. The second kappa shape index (κ2) is 2.82. The Labute approximate surface area is 58.7 Å². The summed E-state index contributed by atoms with van der Waals surface area (Å²) in [6.07, 6.45) is -1.76. The fraction of sp³-hybridized carbons (Fsp3) is 1.00. The molecule has 1 fully saturated rings. The van der Waals surface area contributed by atoms with Crippen LogP contribution in [-0.2, 0) is 0 Å². The number of aliphatic hydroxyl groups is 2. The summed E-state index contributed by atoms with van der Waals surface area (Å²) in [7, 11) is 0. The predicted molar refractivity (Wildman–Crippen MR) is 34.1 cm³/mol. The van der Waals surface area contributed by atoms with Crippen LogP contribution < -0.4 is 5.73 Å².